The fraction of sp³-hybridized carbons (Fsp3) is 0.722. The van der Waals surface area contributed by atoms with Crippen molar-refractivity contribution < 1.29 is 14.6 Å². The molecule has 1 atom stereocenters. The minimum absolute atomic E-state index is 0.341. The average Bonchev–Trinajstić information content (AvgIpc) is 2.51. The lowest BCUT2D eigenvalue weighted by molar-refractivity contribution is 0.144. The summed E-state index contributed by atoms with van der Waals surface area (Å²) in [6, 6.07) is 0. The first-order chi connectivity index (χ1) is 10.7. The van der Waals surface area contributed by atoms with Gasteiger partial charge in [0, 0.05) is 6.54 Å². The highest BCUT2D eigenvalue weighted by molar-refractivity contribution is 5.67. The number of carbonyl (C=O) groups is 1. The predicted octanol–water partition coefficient (Wildman–Crippen LogP) is 4.35. The van der Waals surface area contributed by atoms with Crippen molar-refractivity contribution in [3.05, 3.63) is 24.3 Å². The first-order valence-electron chi connectivity index (χ1n) is 8.62. The molecule has 0 bridgehead atoms. The number of hydrogen-bond acceptors (Lipinski definition) is 3. The molecule has 0 unspecified atom stereocenters. The smallest absolute Gasteiger partial charge is 0.407 e. The number of alkyl carbamates (subject to hydrolysis) is 1. The summed E-state index contributed by atoms with van der Waals surface area (Å²) in [6.45, 7) is 5.33. The third-order valence-corrected chi connectivity index (χ3v) is 3.25. The van der Waals surface area contributed by atoms with Crippen LogP contribution in [0.4, 0.5) is 4.79 Å². The molecule has 0 spiro atoms. The Morgan fingerprint density at radius 3 is 2.59 bits per heavy atom. The summed E-state index contributed by atoms with van der Waals surface area (Å²) >= 11 is 0. The first-order valence-corrected chi connectivity index (χ1v) is 8.62. The highest BCUT2D eigenvalue weighted by Crippen LogP contribution is 2.04. The van der Waals surface area contributed by atoms with Crippen LogP contribution in [-0.4, -0.2) is 30.5 Å². The largest absolute Gasteiger partial charge is 0.450 e. The summed E-state index contributed by atoms with van der Waals surface area (Å²) in [5.74, 6) is 0. The zero-order valence-corrected chi connectivity index (χ0v) is 14.2. The van der Waals surface area contributed by atoms with E-state index < -0.39 is 0 Å². The molecule has 2 N–H and O–H groups in total. The maximum absolute atomic E-state index is 11.3. The molecule has 0 aromatic heterocycles. The van der Waals surface area contributed by atoms with Gasteiger partial charge in [-0.2, -0.15) is 0 Å². The maximum atomic E-state index is 11.3. The molecule has 1 amide bonds. The van der Waals surface area contributed by atoms with Gasteiger partial charge in [-0.15, -0.1) is 0 Å². The topological polar surface area (TPSA) is 58.6 Å². The number of carbonyl (C=O) groups excluding carboxylic acids is 1. The molecule has 4 nitrogen and oxygen atoms in total. The van der Waals surface area contributed by atoms with Gasteiger partial charge in [-0.05, 0) is 19.3 Å². The molecular weight excluding hydrogens is 278 g/mol. The van der Waals surface area contributed by atoms with Gasteiger partial charge in [-0.25, -0.2) is 4.79 Å². The number of unbranched alkanes of at least 4 members (excludes halogenated alkanes) is 4. The number of rotatable bonds is 13. The van der Waals surface area contributed by atoms with Gasteiger partial charge in [0.1, 0.15) is 0 Å². The van der Waals surface area contributed by atoms with Crippen LogP contribution in [-0.2, 0) is 4.74 Å². The Kier molecular flexibility index (Phi) is 15.1. The van der Waals surface area contributed by atoms with Crippen LogP contribution in [0.2, 0.25) is 0 Å². The lowest BCUT2D eigenvalue weighted by atomic mass is 10.1. The molecule has 0 aliphatic heterocycles. The predicted molar refractivity (Wildman–Crippen MR) is 91.9 cm³/mol. The summed E-state index contributed by atoms with van der Waals surface area (Å²) < 4.78 is 5.03. The van der Waals surface area contributed by atoms with Gasteiger partial charge in [0.25, 0.3) is 0 Å². The van der Waals surface area contributed by atoms with Crippen molar-refractivity contribution in [1.29, 1.82) is 0 Å². The Labute approximate surface area is 135 Å². The number of allylic oxidation sites excluding steroid dienone is 2. The molecule has 0 saturated heterocycles. The van der Waals surface area contributed by atoms with Gasteiger partial charge in [-0.1, -0.05) is 70.3 Å². The number of hydrogen-bond donors (Lipinski definition) is 2. The van der Waals surface area contributed by atoms with Crippen molar-refractivity contribution in [1.82, 2.24) is 5.32 Å². The average molecular weight is 311 g/mol. The van der Waals surface area contributed by atoms with E-state index in [1.807, 2.05) is 24.3 Å². The van der Waals surface area contributed by atoms with Crippen molar-refractivity contribution >= 4 is 6.09 Å². The minimum atomic E-state index is -0.354. The van der Waals surface area contributed by atoms with Gasteiger partial charge in [-0.3, -0.25) is 0 Å². The zero-order valence-electron chi connectivity index (χ0n) is 14.2. The summed E-state index contributed by atoms with van der Waals surface area (Å²) in [6.07, 6.45) is 15.0. The van der Waals surface area contributed by atoms with E-state index in [0.29, 0.717) is 13.2 Å². The van der Waals surface area contributed by atoms with E-state index >= 15 is 0 Å². The van der Waals surface area contributed by atoms with Crippen LogP contribution in [0.5, 0.6) is 0 Å². The second-order valence-electron chi connectivity index (χ2n) is 5.43. The van der Waals surface area contributed by atoms with Crippen LogP contribution in [0, 0.1) is 0 Å². The molecule has 4 heteroatoms. The molecule has 0 aromatic carbocycles. The Bertz CT molecular complexity index is 313. The van der Waals surface area contributed by atoms with E-state index in [0.717, 1.165) is 38.5 Å². The molecule has 0 saturated carbocycles. The normalized spacial score (nSPS) is 12.9. The van der Waals surface area contributed by atoms with Crippen LogP contribution in [0.15, 0.2) is 24.3 Å². The van der Waals surface area contributed by atoms with Gasteiger partial charge in [0.05, 0.1) is 12.7 Å². The van der Waals surface area contributed by atoms with Gasteiger partial charge >= 0.3 is 6.09 Å². The van der Waals surface area contributed by atoms with Crippen molar-refractivity contribution in [2.45, 2.75) is 71.3 Å². The third-order valence-electron chi connectivity index (χ3n) is 3.25. The monoisotopic (exact) mass is 311 g/mol. The van der Waals surface area contributed by atoms with Gasteiger partial charge < -0.3 is 15.2 Å². The SMILES string of the molecule is CCCCCOC(=O)NCC/C=C\C=C\[C@@H](O)CCCCC. The second-order valence-corrected chi connectivity index (χ2v) is 5.43. The fourth-order valence-electron chi connectivity index (χ4n) is 1.89. The number of amides is 1. The van der Waals surface area contributed by atoms with Crippen molar-refractivity contribution in [2.75, 3.05) is 13.2 Å². The van der Waals surface area contributed by atoms with E-state index in [1.54, 1.807) is 0 Å². The van der Waals surface area contributed by atoms with Gasteiger partial charge in [0.2, 0.25) is 0 Å². The van der Waals surface area contributed by atoms with Crippen LogP contribution in [0.1, 0.15) is 65.2 Å². The van der Waals surface area contributed by atoms with E-state index in [9.17, 15) is 9.90 Å². The number of ether oxygens (including phenoxy) is 1. The summed E-state index contributed by atoms with van der Waals surface area (Å²) in [4.78, 5) is 11.3. The Morgan fingerprint density at radius 2 is 1.86 bits per heavy atom. The van der Waals surface area contributed by atoms with E-state index in [1.165, 1.54) is 12.8 Å². The highest BCUT2D eigenvalue weighted by Gasteiger charge is 1.99. The number of aliphatic hydroxyl groups is 1. The fourth-order valence-corrected chi connectivity index (χ4v) is 1.89. The summed E-state index contributed by atoms with van der Waals surface area (Å²) in [7, 11) is 0. The Hall–Kier alpha value is -1.29. The first kappa shape index (κ1) is 20.7. The lowest BCUT2D eigenvalue weighted by Gasteiger charge is -2.05. The zero-order chi connectivity index (χ0) is 16.5. The lowest BCUT2D eigenvalue weighted by Crippen LogP contribution is -2.25. The molecule has 0 rings (SSSR count). The molecule has 0 aromatic rings. The molecule has 128 valence electrons. The molecule has 0 radical (unpaired) electrons. The van der Waals surface area contributed by atoms with Crippen LogP contribution < -0.4 is 5.32 Å². The van der Waals surface area contributed by atoms with E-state index in [4.69, 9.17) is 4.74 Å². The highest BCUT2D eigenvalue weighted by atomic mass is 16.5. The van der Waals surface area contributed by atoms with Crippen molar-refractivity contribution in [3.63, 3.8) is 0 Å². The second kappa shape index (κ2) is 16.1. The third kappa shape index (κ3) is 15.1. The standard InChI is InChI=1S/C18H33NO3/c1-3-5-9-13-17(20)14-10-7-8-11-15-19-18(21)22-16-12-6-4-2/h7-8,10,14,17,20H,3-6,9,11-13,15-16H2,1-2H3,(H,19,21)/b8-7-,14-10+/t17-/m0/s1. The molecule has 22 heavy (non-hydrogen) atoms. The van der Waals surface area contributed by atoms with Crippen LogP contribution in [0.3, 0.4) is 0 Å². The Balaban J connectivity index is 3.51. The van der Waals surface area contributed by atoms with Crippen LogP contribution in [0.25, 0.3) is 0 Å². The van der Waals surface area contributed by atoms with E-state index in [-0.39, 0.29) is 12.2 Å². The van der Waals surface area contributed by atoms with Crippen LogP contribution >= 0.6 is 0 Å². The molecule has 0 aliphatic carbocycles. The molecular formula is C18H33NO3. The van der Waals surface area contributed by atoms with Crippen molar-refractivity contribution in [2.24, 2.45) is 0 Å². The minimum Gasteiger partial charge on any atom is -0.450 e. The Morgan fingerprint density at radius 1 is 1.14 bits per heavy atom. The van der Waals surface area contributed by atoms with Crippen molar-refractivity contribution in [3.8, 4) is 0 Å². The summed E-state index contributed by atoms with van der Waals surface area (Å²) in [5.41, 5.74) is 0. The van der Waals surface area contributed by atoms with E-state index in [2.05, 4.69) is 19.2 Å². The summed E-state index contributed by atoms with van der Waals surface area (Å²) in [5, 5.41) is 12.4. The number of aliphatic hydroxyl groups excluding tert-OH is 1. The quantitative estimate of drug-likeness (QED) is 0.393. The van der Waals surface area contributed by atoms with Gasteiger partial charge in [0.15, 0.2) is 0 Å². The number of nitrogens with one attached hydrogen (secondary N) is 1. The maximum Gasteiger partial charge on any atom is 0.407 e. The molecule has 0 aliphatic rings. The molecule has 0 fully saturated rings. The molecule has 0 heterocycles.